The Labute approximate surface area is 161 Å². The molecule has 1 heterocycles. The Hall–Kier alpha value is -3.11. The van der Waals surface area contributed by atoms with Crippen molar-refractivity contribution >= 4 is 23.3 Å². The molecule has 0 amide bonds. The van der Waals surface area contributed by atoms with Crippen molar-refractivity contribution in [3.05, 3.63) is 69.0 Å². The normalized spacial score (nSPS) is 10.5. The summed E-state index contributed by atoms with van der Waals surface area (Å²) in [5.74, 6) is 0.196. The molecular formula is C20H19N5OS. The molecule has 136 valence electrons. The summed E-state index contributed by atoms with van der Waals surface area (Å²) < 4.78 is 1.28. The number of nitrogens with zero attached hydrogens (tertiary/aromatic N) is 4. The van der Waals surface area contributed by atoms with Crippen molar-refractivity contribution in [1.82, 2.24) is 14.8 Å². The van der Waals surface area contributed by atoms with Crippen LogP contribution in [-0.4, -0.2) is 14.8 Å². The predicted octanol–water partition coefficient (Wildman–Crippen LogP) is 3.87. The van der Waals surface area contributed by atoms with Crippen LogP contribution in [0.4, 0.5) is 11.5 Å². The third-order valence-corrected chi connectivity index (χ3v) is 5.22. The number of nitrogens with one attached hydrogen (secondary N) is 1. The second kappa shape index (κ2) is 7.64. The number of hydrogen-bond donors (Lipinski definition) is 1. The van der Waals surface area contributed by atoms with E-state index in [1.54, 1.807) is 31.3 Å². The third kappa shape index (κ3) is 4.18. The van der Waals surface area contributed by atoms with Crippen LogP contribution < -0.4 is 10.9 Å². The maximum Gasteiger partial charge on any atom is 0.309 e. The van der Waals surface area contributed by atoms with Crippen LogP contribution in [0.15, 0.2) is 51.2 Å². The van der Waals surface area contributed by atoms with Crippen molar-refractivity contribution in [2.45, 2.75) is 30.8 Å². The lowest BCUT2D eigenvalue weighted by molar-refractivity contribution is 0.639. The average Bonchev–Trinajstić information content (AvgIpc) is 2.63. The smallest absolute Gasteiger partial charge is 0.309 e. The lowest BCUT2D eigenvalue weighted by Gasteiger charge is -2.12. The Morgan fingerprint density at radius 1 is 1.11 bits per heavy atom. The highest BCUT2D eigenvalue weighted by Gasteiger charge is 2.13. The summed E-state index contributed by atoms with van der Waals surface area (Å²) in [4.78, 5) is 17.9. The van der Waals surface area contributed by atoms with Crippen molar-refractivity contribution in [3.8, 4) is 6.07 Å². The summed E-state index contributed by atoms with van der Waals surface area (Å²) in [6, 6.07) is 13.1. The summed E-state index contributed by atoms with van der Waals surface area (Å²) in [6.07, 6.45) is 0. The highest BCUT2D eigenvalue weighted by molar-refractivity contribution is 7.99. The molecule has 1 N–H and O–H groups in total. The fourth-order valence-electron chi connectivity index (χ4n) is 2.80. The molecule has 27 heavy (non-hydrogen) atoms. The first-order valence-corrected chi connectivity index (χ1v) is 9.17. The van der Waals surface area contributed by atoms with Crippen molar-refractivity contribution in [3.63, 3.8) is 0 Å². The first-order valence-electron chi connectivity index (χ1n) is 8.35. The molecular weight excluding hydrogens is 358 g/mol. The number of benzene rings is 2. The van der Waals surface area contributed by atoms with E-state index in [-0.39, 0.29) is 11.4 Å². The van der Waals surface area contributed by atoms with Gasteiger partial charge in [0.25, 0.3) is 0 Å². The van der Waals surface area contributed by atoms with E-state index in [9.17, 15) is 4.79 Å². The summed E-state index contributed by atoms with van der Waals surface area (Å²) >= 11 is 1.44. The Morgan fingerprint density at radius 2 is 1.74 bits per heavy atom. The molecule has 0 saturated heterocycles. The predicted molar refractivity (Wildman–Crippen MR) is 106 cm³/mol. The van der Waals surface area contributed by atoms with E-state index >= 15 is 0 Å². The molecule has 6 nitrogen and oxygen atoms in total. The number of nitriles is 1. The topological polar surface area (TPSA) is 83.6 Å². The van der Waals surface area contributed by atoms with E-state index in [4.69, 9.17) is 5.26 Å². The number of rotatable bonds is 4. The second-order valence-corrected chi connectivity index (χ2v) is 7.29. The molecule has 0 saturated carbocycles. The monoisotopic (exact) mass is 377 g/mol. The molecule has 0 aliphatic carbocycles. The van der Waals surface area contributed by atoms with Gasteiger partial charge in [0.1, 0.15) is 0 Å². The number of aryl methyl sites for hydroxylation is 4. The Bertz CT molecular complexity index is 1070. The molecule has 3 rings (SSSR count). The fourth-order valence-corrected chi connectivity index (χ4v) is 3.72. The highest BCUT2D eigenvalue weighted by atomic mass is 32.2. The largest absolute Gasteiger partial charge is 0.335 e. The molecule has 0 bridgehead atoms. The minimum atomic E-state index is -0.318. The zero-order valence-corrected chi connectivity index (χ0v) is 16.4. The van der Waals surface area contributed by atoms with E-state index in [1.807, 2.05) is 0 Å². The zero-order chi connectivity index (χ0) is 19.6. The van der Waals surface area contributed by atoms with Gasteiger partial charge in [-0.05, 0) is 67.9 Å². The molecule has 0 unspecified atom stereocenters. The molecule has 0 spiro atoms. The fraction of sp³-hybridized carbons (Fsp3) is 0.200. The van der Waals surface area contributed by atoms with Crippen LogP contribution in [-0.2, 0) is 7.05 Å². The molecule has 7 heteroatoms. The van der Waals surface area contributed by atoms with Gasteiger partial charge in [0.05, 0.1) is 11.6 Å². The summed E-state index contributed by atoms with van der Waals surface area (Å²) in [7, 11) is 1.60. The van der Waals surface area contributed by atoms with Gasteiger partial charge < -0.3 is 5.32 Å². The molecule has 0 fully saturated rings. The van der Waals surface area contributed by atoms with Crippen molar-refractivity contribution in [2.75, 3.05) is 5.32 Å². The highest BCUT2D eigenvalue weighted by Crippen LogP contribution is 2.31. The quantitative estimate of drug-likeness (QED) is 0.743. The van der Waals surface area contributed by atoms with Crippen LogP contribution in [0.3, 0.4) is 0 Å². The van der Waals surface area contributed by atoms with Gasteiger partial charge in [0.2, 0.25) is 11.0 Å². The zero-order valence-electron chi connectivity index (χ0n) is 15.6. The molecule has 0 atom stereocenters. The Balaban J connectivity index is 1.94. The molecule has 3 aromatic rings. The number of hydrogen-bond acceptors (Lipinski definition) is 6. The third-order valence-electron chi connectivity index (χ3n) is 4.01. The van der Waals surface area contributed by atoms with E-state index in [0.29, 0.717) is 16.4 Å². The maximum absolute atomic E-state index is 12.4. The van der Waals surface area contributed by atoms with Gasteiger partial charge in [-0.15, -0.1) is 5.10 Å². The molecule has 1 aromatic heterocycles. The van der Waals surface area contributed by atoms with Crippen molar-refractivity contribution in [2.24, 2.45) is 7.05 Å². The van der Waals surface area contributed by atoms with Crippen LogP contribution in [0, 0.1) is 32.1 Å². The number of aromatic nitrogens is 3. The van der Waals surface area contributed by atoms with Gasteiger partial charge in [-0.1, -0.05) is 17.7 Å². The SMILES string of the molecule is Cc1cc(C)c(Sc2nc(Nc3ccc(C#N)cc3)c(=O)n(C)n2)c(C)c1. The minimum Gasteiger partial charge on any atom is -0.335 e. The van der Waals surface area contributed by atoms with Crippen LogP contribution >= 0.6 is 11.8 Å². The maximum atomic E-state index is 12.4. The van der Waals surface area contributed by atoms with Gasteiger partial charge in [-0.2, -0.15) is 10.2 Å². The van der Waals surface area contributed by atoms with Gasteiger partial charge >= 0.3 is 5.56 Å². The summed E-state index contributed by atoms with van der Waals surface area (Å²) in [6.45, 7) is 6.18. The molecule has 0 aliphatic heterocycles. The van der Waals surface area contributed by atoms with E-state index in [2.05, 4.69) is 54.4 Å². The standard InChI is InChI=1S/C20H19N5OS/c1-12-9-13(2)17(14(3)10-12)27-20-23-18(19(26)25(4)24-20)22-16-7-5-15(11-21)6-8-16/h5-10H,1-4H3,(H,22,23,24). The first kappa shape index (κ1) is 18.7. The second-order valence-electron chi connectivity index (χ2n) is 6.32. The van der Waals surface area contributed by atoms with Gasteiger partial charge in [-0.25, -0.2) is 4.68 Å². The lowest BCUT2D eigenvalue weighted by atomic mass is 10.1. The first-order chi connectivity index (χ1) is 12.9. The van der Waals surface area contributed by atoms with Gasteiger partial charge in [0, 0.05) is 17.6 Å². The molecule has 0 aliphatic rings. The Morgan fingerprint density at radius 3 is 2.33 bits per heavy atom. The van der Waals surface area contributed by atoms with E-state index < -0.39 is 0 Å². The van der Waals surface area contributed by atoms with Gasteiger partial charge in [0.15, 0.2) is 0 Å². The minimum absolute atomic E-state index is 0.196. The van der Waals surface area contributed by atoms with Crippen LogP contribution in [0.2, 0.25) is 0 Å². The molecule has 2 aromatic carbocycles. The van der Waals surface area contributed by atoms with E-state index in [1.165, 1.54) is 22.0 Å². The molecule has 0 radical (unpaired) electrons. The van der Waals surface area contributed by atoms with Crippen molar-refractivity contribution in [1.29, 1.82) is 5.26 Å². The average molecular weight is 377 g/mol. The van der Waals surface area contributed by atoms with E-state index in [0.717, 1.165) is 16.0 Å². The van der Waals surface area contributed by atoms with Crippen molar-refractivity contribution < 1.29 is 0 Å². The van der Waals surface area contributed by atoms with Gasteiger partial charge in [-0.3, -0.25) is 4.79 Å². The Kier molecular flexibility index (Phi) is 5.28. The van der Waals surface area contributed by atoms with Crippen LogP contribution in [0.25, 0.3) is 0 Å². The lowest BCUT2D eigenvalue weighted by Crippen LogP contribution is -2.24. The van der Waals surface area contributed by atoms with Crippen LogP contribution in [0.5, 0.6) is 0 Å². The van der Waals surface area contributed by atoms with Crippen LogP contribution in [0.1, 0.15) is 22.3 Å². The number of anilines is 2. The summed E-state index contributed by atoms with van der Waals surface area (Å²) in [5, 5.41) is 16.7. The summed E-state index contributed by atoms with van der Waals surface area (Å²) in [5.41, 5.74) is 4.43.